The van der Waals surface area contributed by atoms with Crippen LogP contribution in [0.3, 0.4) is 0 Å². The van der Waals surface area contributed by atoms with Crippen molar-refractivity contribution >= 4 is 66.2 Å². The van der Waals surface area contributed by atoms with Crippen molar-refractivity contribution < 1.29 is 21.9 Å². The Labute approximate surface area is 98.6 Å². The zero-order chi connectivity index (χ0) is 9.83. The van der Waals surface area contributed by atoms with Crippen molar-refractivity contribution in [2.24, 2.45) is 0 Å². The molecular formula is C2H4I2O6S2. The fourth-order valence-electron chi connectivity index (χ4n) is 0.267. The van der Waals surface area contributed by atoms with Crippen LogP contribution in [0.1, 0.15) is 0 Å². The number of rotatable bonds is 5. The summed E-state index contributed by atoms with van der Waals surface area (Å²) in [7, 11) is -7.48. The second-order valence-electron chi connectivity index (χ2n) is 1.65. The molecule has 0 amide bonds. The van der Waals surface area contributed by atoms with Crippen LogP contribution in [0.25, 0.3) is 0 Å². The predicted molar refractivity (Wildman–Crippen MR) is 57.8 cm³/mol. The third-order valence-corrected chi connectivity index (χ3v) is 6.11. The molecule has 0 rings (SSSR count). The molecule has 12 heavy (non-hydrogen) atoms. The maximum atomic E-state index is 10.6. The summed E-state index contributed by atoms with van der Waals surface area (Å²) in [6, 6.07) is 0. The van der Waals surface area contributed by atoms with Crippen LogP contribution in [0, 0.1) is 0 Å². The summed E-state index contributed by atoms with van der Waals surface area (Å²) < 4.78 is 50.4. The minimum Gasteiger partial charge on any atom is -0.199 e. The molecule has 0 bridgehead atoms. The van der Waals surface area contributed by atoms with Gasteiger partial charge >= 0.3 is 0 Å². The Bertz CT molecular complexity index is 281. The van der Waals surface area contributed by atoms with E-state index in [0.717, 1.165) is 0 Å². The number of hydrogen-bond donors (Lipinski definition) is 0. The van der Waals surface area contributed by atoms with Gasteiger partial charge in [-0.05, 0) is 0 Å². The molecule has 0 radical (unpaired) electrons. The molecule has 0 spiro atoms. The van der Waals surface area contributed by atoms with Crippen LogP contribution in [0.5, 0.6) is 0 Å². The molecule has 0 aromatic carbocycles. The first-order valence-corrected chi connectivity index (χ1v) is 7.30. The van der Waals surface area contributed by atoms with Crippen LogP contribution in [0.2, 0.25) is 0 Å². The Morgan fingerprint density at radius 3 is 1.25 bits per heavy atom. The Hall–Kier alpha value is 1.28. The quantitative estimate of drug-likeness (QED) is 0.573. The number of hydrogen-bond acceptors (Lipinski definition) is 6. The molecule has 0 aliphatic rings. The van der Waals surface area contributed by atoms with Gasteiger partial charge in [-0.15, -0.1) is 0 Å². The molecule has 0 saturated carbocycles. The van der Waals surface area contributed by atoms with Crippen molar-refractivity contribution in [1.29, 1.82) is 0 Å². The van der Waals surface area contributed by atoms with Gasteiger partial charge in [-0.1, -0.05) is 0 Å². The van der Waals surface area contributed by atoms with Crippen molar-refractivity contribution in [2.75, 3.05) is 11.5 Å². The van der Waals surface area contributed by atoms with Crippen molar-refractivity contribution in [2.45, 2.75) is 0 Å². The zero-order valence-electron chi connectivity index (χ0n) is 5.44. The molecular weight excluding hydrogens is 438 g/mol. The largest absolute Gasteiger partial charge is 0.277 e. The van der Waals surface area contributed by atoms with E-state index in [0.29, 0.717) is 0 Å². The lowest BCUT2D eigenvalue weighted by Gasteiger charge is -1.98. The van der Waals surface area contributed by atoms with E-state index >= 15 is 0 Å². The summed E-state index contributed by atoms with van der Waals surface area (Å²) >= 11 is 2.34. The van der Waals surface area contributed by atoms with Crippen LogP contribution >= 0.6 is 46.0 Å². The first-order chi connectivity index (χ1) is 5.33. The molecule has 0 N–H and O–H groups in total. The van der Waals surface area contributed by atoms with Gasteiger partial charge < -0.3 is 0 Å². The van der Waals surface area contributed by atoms with Crippen molar-refractivity contribution in [3.05, 3.63) is 0 Å². The molecule has 0 aliphatic heterocycles. The molecule has 0 fully saturated rings. The van der Waals surface area contributed by atoms with E-state index in [2.05, 4.69) is 5.03 Å². The summed E-state index contributed by atoms with van der Waals surface area (Å²) in [5.41, 5.74) is 0. The Morgan fingerprint density at radius 1 is 0.833 bits per heavy atom. The predicted octanol–water partition coefficient (Wildman–Crippen LogP) is 0.379. The second kappa shape index (κ2) is 5.23. The third-order valence-electron chi connectivity index (χ3n) is 0.775. The van der Waals surface area contributed by atoms with E-state index in [4.69, 9.17) is 0 Å². The number of halogens is 2. The fourth-order valence-corrected chi connectivity index (χ4v) is 3.10. The van der Waals surface area contributed by atoms with Gasteiger partial charge in [0.05, 0.1) is 11.5 Å². The van der Waals surface area contributed by atoms with E-state index in [1.165, 1.54) is 46.0 Å². The van der Waals surface area contributed by atoms with Crippen LogP contribution in [0.15, 0.2) is 0 Å². The first-order valence-electron chi connectivity index (χ1n) is 2.39. The molecule has 0 heterocycles. The summed E-state index contributed by atoms with van der Waals surface area (Å²) in [6.07, 6.45) is 0. The van der Waals surface area contributed by atoms with Gasteiger partial charge in [0.15, 0.2) is 0 Å². The molecule has 0 saturated heterocycles. The van der Waals surface area contributed by atoms with Gasteiger partial charge in [-0.3, -0.25) is 0 Å². The lowest BCUT2D eigenvalue weighted by molar-refractivity contribution is 0.525. The molecule has 0 aromatic heterocycles. The minimum absolute atomic E-state index is 0.610. The standard InChI is InChI=1S/C2H4I2O6S2/c3-9-11(5,6)1-2-12(7,8)10-4/h1-2H2. The smallest absolute Gasteiger partial charge is 0.199 e. The summed E-state index contributed by atoms with van der Waals surface area (Å²) in [4.78, 5) is 0. The SMILES string of the molecule is O=S(=O)(CCS(=O)(=O)OI)OI. The highest BCUT2D eigenvalue weighted by Crippen LogP contribution is 2.04. The van der Waals surface area contributed by atoms with E-state index < -0.39 is 31.7 Å². The maximum Gasteiger partial charge on any atom is 0.277 e. The van der Waals surface area contributed by atoms with Crippen LogP contribution in [-0.2, 0) is 25.3 Å². The topological polar surface area (TPSA) is 86.7 Å². The van der Waals surface area contributed by atoms with Crippen LogP contribution in [-0.4, -0.2) is 28.3 Å². The lowest BCUT2D eigenvalue weighted by Crippen LogP contribution is -2.16. The van der Waals surface area contributed by atoms with Crippen LogP contribution in [0.4, 0.5) is 0 Å². The Kier molecular flexibility index (Phi) is 5.79. The fraction of sp³-hybridized carbons (Fsp3) is 1.00. The van der Waals surface area contributed by atoms with E-state index in [-0.39, 0.29) is 0 Å². The van der Waals surface area contributed by atoms with Crippen molar-refractivity contribution in [3.63, 3.8) is 0 Å². The van der Waals surface area contributed by atoms with E-state index in [9.17, 15) is 16.8 Å². The van der Waals surface area contributed by atoms with Gasteiger partial charge in [-0.25, -0.2) is 0 Å². The minimum atomic E-state index is -3.74. The highest BCUT2D eigenvalue weighted by molar-refractivity contribution is 14.1. The summed E-state index contributed by atoms with van der Waals surface area (Å²) in [6.45, 7) is 0. The molecule has 10 heteroatoms. The average Bonchev–Trinajstić information content (AvgIpc) is 2.02. The van der Waals surface area contributed by atoms with E-state index in [1.54, 1.807) is 0 Å². The first kappa shape index (κ1) is 13.3. The van der Waals surface area contributed by atoms with Crippen LogP contribution < -0.4 is 0 Å². The van der Waals surface area contributed by atoms with Crippen molar-refractivity contribution in [3.8, 4) is 0 Å². The van der Waals surface area contributed by atoms with Gasteiger partial charge in [0.2, 0.25) is 0 Å². The van der Waals surface area contributed by atoms with E-state index in [1.807, 2.05) is 0 Å². The summed E-state index contributed by atoms with van der Waals surface area (Å²) in [5.74, 6) is -1.22. The zero-order valence-corrected chi connectivity index (χ0v) is 11.4. The van der Waals surface area contributed by atoms with Gasteiger partial charge in [-0.2, -0.15) is 21.9 Å². The second-order valence-corrected chi connectivity index (χ2v) is 7.11. The molecule has 0 unspecified atom stereocenters. The molecule has 0 aromatic rings. The molecule has 74 valence electrons. The normalized spacial score (nSPS) is 13.2. The molecule has 6 nitrogen and oxygen atoms in total. The molecule has 0 atom stereocenters. The third kappa shape index (κ3) is 5.85. The monoisotopic (exact) mass is 442 g/mol. The maximum absolute atomic E-state index is 10.6. The Balaban J connectivity index is 4.20. The average molecular weight is 442 g/mol. The van der Waals surface area contributed by atoms with Gasteiger partial charge in [0, 0.05) is 0 Å². The van der Waals surface area contributed by atoms with Gasteiger partial charge in [0.1, 0.15) is 46.0 Å². The Morgan fingerprint density at radius 2 is 1.08 bits per heavy atom. The lowest BCUT2D eigenvalue weighted by atomic mass is 11.0. The highest BCUT2D eigenvalue weighted by Gasteiger charge is 2.17. The highest BCUT2D eigenvalue weighted by atomic mass is 127. The van der Waals surface area contributed by atoms with Crippen molar-refractivity contribution in [1.82, 2.24) is 0 Å². The summed E-state index contributed by atoms with van der Waals surface area (Å²) in [5, 5.41) is 0. The molecule has 0 aliphatic carbocycles. The van der Waals surface area contributed by atoms with Gasteiger partial charge in [0.25, 0.3) is 20.2 Å².